The predicted molar refractivity (Wildman–Crippen MR) is 127 cm³/mol. The second kappa shape index (κ2) is 13.2. The molecule has 11 heteroatoms. The molecule has 0 spiro atoms. The number of hydrogen-bond acceptors (Lipinski definition) is 6. The van der Waals surface area contributed by atoms with Gasteiger partial charge in [0.25, 0.3) is 0 Å². The van der Waals surface area contributed by atoms with Crippen LogP contribution in [0, 0.1) is 0 Å². The van der Waals surface area contributed by atoms with Crippen LogP contribution in [0.1, 0.15) is 51.4 Å². The summed E-state index contributed by atoms with van der Waals surface area (Å²) in [5, 5.41) is 4.14. The van der Waals surface area contributed by atoms with Gasteiger partial charge in [0.05, 0.1) is 8.95 Å². The highest BCUT2D eigenvalue weighted by molar-refractivity contribution is 9.11. The van der Waals surface area contributed by atoms with E-state index in [1.807, 2.05) is 0 Å². The lowest BCUT2D eigenvalue weighted by atomic mass is 10.2. The summed E-state index contributed by atoms with van der Waals surface area (Å²) in [6.07, 6.45) is 13.5. The van der Waals surface area contributed by atoms with Crippen molar-refractivity contribution in [1.29, 1.82) is 0 Å². The fourth-order valence-electron chi connectivity index (χ4n) is 2.99. The number of rotatable bonds is 2. The average Bonchev–Trinajstić information content (AvgIpc) is 3.37. The Balaban J connectivity index is 0.000000171. The second-order valence-electron chi connectivity index (χ2n) is 6.78. The van der Waals surface area contributed by atoms with Crippen LogP contribution in [-0.2, 0) is 0 Å². The summed E-state index contributed by atoms with van der Waals surface area (Å²) >= 11 is 23.1. The first-order valence-corrected chi connectivity index (χ1v) is 12.1. The van der Waals surface area contributed by atoms with Crippen molar-refractivity contribution in [3.05, 3.63) is 37.1 Å². The molecular formula is C18H23Br2Cl3N6. The molecule has 2 aliphatic carbocycles. The van der Waals surface area contributed by atoms with Crippen molar-refractivity contribution in [2.45, 2.75) is 63.5 Å². The van der Waals surface area contributed by atoms with Crippen LogP contribution in [0.2, 0.25) is 15.7 Å². The van der Waals surface area contributed by atoms with Crippen LogP contribution in [0.4, 0.5) is 5.82 Å². The van der Waals surface area contributed by atoms with Crippen LogP contribution >= 0.6 is 66.7 Å². The van der Waals surface area contributed by atoms with Gasteiger partial charge in [0.15, 0.2) is 0 Å². The van der Waals surface area contributed by atoms with E-state index in [-0.39, 0.29) is 10.6 Å². The van der Waals surface area contributed by atoms with Crippen molar-refractivity contribution in [3.8, 4) is 0 Å². The van der Waals surface area contributed by atoms with Gasteiger partial charge in [0.1, 0.15) is 11.0 Å². The molecule has 29 heavy (non-hydrogen) atoms. The fraction of sp³-hybridized carbons (Fsp3) is 0.556. The molecule has 2 heterocycles. The van der Waals surface area contributed by atoms with Crippen molar-refractivity contribution in [2.24, 2.45) is 5.73 Å². The summed E-state index contributed by atoms with van der Waals surface area (Å²) in [5.74, 6) is 0.803. The zero-order valence-corrected chi connectivity index (χ0v) is 21.2. The highest BCUT2D eigenvalue weighted by atomic mass is 79.9. The lowest BCUT2D eigenvalue weighted by Gasteiger charge is -2.13. The predicted octanol–water partition coefficient (Wildman–Crippen LogP) is 6.68. The Morgan fingerprint density at radius 1 is 0.828 bits per heavy atom. The number of halogens is 5. The lowest BCUT2D eigenvalue weighted by molar-refractivity contribution is 0.704. The zero-order chi connectivity index (χ0) is 21.2. The van der Waals surface area contributed by atoms with Crippen LogP contribution in [0.5, 0.6) is 0 Å². The molecule has 2 aromatic rings. The molecule has 2 aliphatic rings. The van der Waals surface area contributed by atoms with E-state index in [9.17, 15) is 0 Å². The Kier molecular flexibility index (Phi) is 11.4. The van der Waals surface area contributed by atoms with Crippen LogP contribution in [-0.4, -0.2) is 32.0 Å². The fourth-order valence-corrected chi connectivity index (χ4v) is 3.93. The molecule has 2 aromatic heterocycles. The van der Waals surface area contributed by atoms with Crippen LogP contribution in [0.15, 0.2) is 21.3 Å². The standard InChI is InChI=1S/C9H11BrClN3.C5H11N.C4HBrCl2N2/c10-7-5-12-9(11)14-8(7)13-6-3-1-2-4-6;6-5-3-1-2-4-5;5-2-1-8-4(7)9-3(2)6/h5-6H,1-4H2,(H,12,13,14);5H,1-4,6H2;1H. The van der Waals surface area contributed by atoms with E-state index in [1.165, 1.54) is 57.6 Å². The highest BCUT2D eigenvalue weighted by Crippen LogP contribution is 2.26. The molecule has 0 saturated heterocycles. The van der Waals surface area contributed by atoms with Gasteiger partial charge in [-0.25, -0.2) is 15.0 Å². The Morgan fingerprint density at radius 2 is 1.34 bits per heavy atom. The Hall–Kier alpha value is -0.250. The SMILES string of the molecule is Clc1ncc(Br)c(Cl)n1.Clc1ncc(Br)c(NC2CCCC2)n1.NC1CCCC1. The Labute approximate surface area is 203 Å². The van der Waals surface area contributed by atoms with Crippen LogP contribution < -0.4 is 11.1 Å². The third-order valence-corrected chi connectivity index (χ3v) is 6.52. The minimum atomic E-state index is 0.156. The van der Waals surface area contributed by atoms with Gasteiger partial charge in [-0.3, -0.25) is 0 Å². The van der Waals surface area contributed by atoms with Crippen molar-refractivity contribution in [3.63, 3.8) is 0 Å². The molecule has 0 aromatic carbocycles. The maximum absolute atomic E-state index is 5.72. The number of nitrogens with one attached hydrogen (secondary N) is 1. The molecule has 0 bridgehead atoms. The molecule has 6 nitrogen and oxygen atoms in total. The molecule has 0 amide bonds. The molecule has 0 unspecified atom stereocenters. The van der Waals surface area contributed by atoms with Gasteiger partial charge in [-0.2, -0.15) is 4.98 Å². The lowest BCUT2D eigenvalue weighted by Crippen LogP contribution is -2.16. The first-order chi connectivity index (χ1) is 13.8. The number of nitrogens with zero attached hydrogens (tertiary/aromatic N) is 4. The zero-order valence-electron chi connectivity index (χ0n) is 15.7. The molecule has 2 saturated carbocycles. The molecule has 4 rings (SSSR count). The topological polar surface area (TPSA) is 89.6 Å². The van der Waals surface area contributed by atoms with Crippen LogP contribution in [0.25, 0.3) is 0 Å². The summed E-state index contributed by atoms with van der Waals surface area (Å²) in [6.45, 7) is 0. The summed E-state index contributed by atoms with van der Waals surface area (Å²) in [4.78, 5) is 15.3. The first kappa shape index (κ1) is 25.0. The third-order valence-electron chi connectivity index (χ3n) is 4.48. The largest absolute Gasteiger partial charge is 0.366 e. The van der Waals surface area contributed by atoms with E-state index in [0.717, 1.165) is 10.3 Å². The molecular weight excluding hydrogens is 566 g/mol. The molecule has 0 atom stereocenters. The molecule has 0 radical (unpaired) electrons. The van der Waals surface area contributed by atoms with Crippen molar-refractivity contribution < 1.29 is 0 Å². The van der Waals surface area contributed by atoms with E-state index in [0.29, 0.717) is 21.7 Å². The highest BCUT2D eigenvalue weighted by Gasteiger charge is 2.16. The van der Waals surface area contributed by atoms with Gasteiger partial charge in [-0.1, -0.05) is 37.3 Å². The van der Waals surface area contributed by atoms with Crippen molar-refractivity contribution in [2.75, 3.05) is 5.32 Å². The quantitative estimate of drug-likeness (QED) is 0.300. The first-order valence-electron chi connectivity index (χ1n) is 9.39. The smallest absolute Gasteiger partial charge is 0.224 e. The third kappa shape index (κ3) is 9.61. The number of anilines is 1. The maximum atomic E-state index is 5.72. The number of nitrogens with two attached hydrogens (primary N) is 1. The van der Waals surface area contributed by atoms with Crippen molar-refractivity contribution >= 4 is 72.5 Å². The van der Waals surface area contributed by atoms with Gasteiger partial charge in [-0.15, -0.1) is 0 Å². The minimum Gasteiger partial charge on any atom is -0.366 e. The Bertz CT molecular complexity index is 771. The molecule has 160 valence electrons. The minimum absolute atomic E-state index is 0.156. The van der Waals surface area contributed by atoms with Gasteiger partial charge in [0, 0.05) is 24.5 Å². The van der Waals surface area contributed by atoms with Gasteiger partial charge >= 0.3 is 0 Å². The molecule has 3 N–H and O–H groups in total. The monoisotopic (exact) mass is 586 g/mol. The van der Waals surface area contributed by atoms with E-state index >= 15 is 0 Å². The van der Waals surface area contributed by atoms with Gasteiger partial charge in [0.2, 0.25) is 10.6 Å². The average molecular weight is 590 g/mol. The summed E-state index contributed by atoms with van der Waals surface area (Å²) in [5.41, 5.74) is 5.53. The van der Waals surface area contributed by atoms with Crippen LogP contribution in [0.3, 0.4) is 0 Å². The second-order valence-corrected chi connectivity index (χ2v) is 9.53. The van der Waals surface area contributed by atoms with E-state index < -0.39 is 0 Å². The van der Waals surface area contributed by atoms with Crippen molar-refractivity contribution in [1.82, 2.24) is 19.9 Å². The summed E-state index contributed by atoms with van der Waals surface area (Å²) in [7, 11) is 0. The maximum Gasteiger partial charge on any atom is 0.224 e. The van der Waals surface area contributed by atoms with E-state index in [2.05, 4.69) is 57.1 Å². The Morgan fingerprint density at radius 3 is 1.83 bits per heavy atom. The van der Waals surface area contributed by atoms with Gasteiger partial charge in [-0.05, 0) is 80.7 Å². The summed E-state index contributed by atoms with van der Waals surface area (Å²) < 4.78 is 1.52. The summed E-state index contributed by atoms with van der Waals surface area (Å²) in [6, 6.07) is 1.09. The normalized spacial score (nSPS) is 16.6. The van der Waals surface area contributed by atoms with E-state index in [4.69, 9.17) is 40.5 Å². The molecule has 2 fully saturated rings. The number of hydrogen-bond donors (Lipinski definition) is 2. The van der Waals surface area contributed by atoms with Gasteiger partial charge < -0.3 is 11.1 Å². The molecule has 0 aliphatic heterocycles. The number of aromatic nitrogens is 4. The van der Waals surface area contributed by atoms with E-state index in [1.54, 1.807) is 6.20 Å².